The van der Waals surface area contributed by atoms with Gasteiger partial charge in [0, 0.05) is 74.5 Å². The number of aliphatic hydroxyl groups excluding tert-OH is 1. The van der Waals surface area contributed by atoms with Crippen LogP contribution in [-0.4, -0.2) is 256 Å². The minimum Gasteiger partial charge on any atom is -0.493 e. The van der Waals surface area contributed by atoms with Crippen molar-refractivity contribution in [1.82, 2.24) is 30.7 Å². The Labute approximate surface area is 622 Å². The van der Waals surface area contributed by atoms with E-state index in [0.29, 0.717) is 159 Å². The standard InChI is InChI=1S/C75H101N9O23/c1-49(2)69(80-66(86)18-23-97-25-27-99-29-31-101-33-35-103-37-38-104-36-34-102-32-30-100-28-26-98-24-19-76-65(85)17-20-81-67(87)15-16-68(81)88)71(90)78-52(5)70(89)79-54-13-11-53(12-14-54)48-107-75(94)84-59-44-64(62(96-7)42-57(59)73(92)83-47-51(4)40-60(83)74(84)93)106-22-10-8-9-21-105-63-43-58-56(41-61(63)95-6)72(91)82-46-50(3)39-55(82)45-77-58/h11-16,41-47,49,52,55,60,69,74,93H,8-10,17-40,48H2,1-7H3,(H,76,85)(H,78,90)(H,79,89)(H,80,86)/t52?,55?,60-,69+,74?/m1/s1. The molecule has 3 aromatic carbocycles. The van der Waals surface area contributed by atoms with Crippen LogP contribution in [0.25, 0.3) is 0 Å². The number of benzene rings is 3. The van der Waals surface area contributed by atoms with Crippen LogP contribution in [0.15, 0.2) is 89.2 Å². The van der Waals surface area contributed by atoms with Gasteiger partial charge < -0.3 is 97.8 Å². The highest BCUT2D eigenvalue weighted by molar-refractivity contribution is 6.13. The summed E-state index contributed by atoms with van der Waals surface area (Å²) in [7, 11) is 2.96. The van der Waals surface area contributed by atoms with Crippen LogP contribution < -0.4 is 45.1 Å². The van der Waals surface area contributed by atoms with Gasteiger partial charge in [0.25, 0.3) is 23.6 Å². The molecular weight excluding hydrogens is 1390 g/mol. The van der Waals surface area contributed by atoms with Gasteiger partial charge in [0.1, 0.15) is 18.7 Å². The molecule has 0 saturated heterocycles. The maximum absolute atomic E-state index is 14.3. The molecule has 5 aliphatic heterocycles. The number of aliphatic imine (C=N–C) groups is 1. The van der Waals surface area contributed by atoms with E-state index in [9.17, 15) is 48.3 Å². The number of nitrogens with one attached hydrogen (secondary N) is 4. The van der Waals surface area contributed by atoms with Crippen molar-refractivity contribution in [2.24, 2.45) is 10.9 Å². The van der Waals surface area contributed by atoms with Crippen LogP contribution in [-0.2, 0) is 78.0 Å². The SMILES string of the molecule is COc1cc2c(cc1OCCCCCOc1cc3c(cc1OC)C(=O)N1C=C(C)C[C@@H]1C(O)N3C(=O)OCc1ccc(NC(=O)C(C)NC(=O)[C@@H](NC(=O)CCOCCOCCOCCOCCOCCOCCOCCOCCNC(=O)CCN3C(=O)C=CC3=O)C(C)C)cc1)N=CC1CC(C)=CN1C2=O. The number of carbonyl (C=O) groups excluding carboxylic acids is 9. The number of rotatable bonds is 48. The maximum Gasteiger partial charge on any atom is 0.416 e. The van der Waals surface area contributed by atoms with Crippen LogP contribution >= 0.6 is 0 Å². The molecule has 584 valence electrons. The lowest BCUT2D eigenvalue weighted by Gasteiger charge is -2.31. The highest BCUT2D eigenvalue weighted by atomic mass is 16.6. The average molecular weight is 1500 g/mol. The van der Waals surface area contributed by atoms with Crippen LogP contribution in [0.5, 0.6) is 23.0 Å². The first kappa shape index (κ1) is 83.3. The summed E-state index contributed by atoms with van der Waals surface area (Å²) in [5.41, 5.74) is 3.91. The molecule has 0 spiro atoms. The van der Waals surface area contributed by atoms with Gasteiger partial charge in [-0.25, -0.2) is 9.69 Å². The molecule has 3 unspecified atom stereocenters. The van der Waals surface area contributed by atoms with Gasteiger partial charge in [-0.3, -0.25) is 48.2 Å². The second-order valence-electron chi connectivity index (χ2n) is 25.9. The largest absolute Gasteiger partial charge is 0.493 e. The number of imide groups is 1. The molecular formula is C75H101N9O23. The number of hydrogen-bond acceptors (Lipinski definition) is 24. The van der Waals surface area contributed by atoms with Crippen molar-refractivity contribution in [2.75, 3.05) is 156 Å². The molecule has 9 amide bonds. The molecule has 0 aliphatic carbocycles. The van der Waals surface area contributed by atoms with Gasteiger partial charge in [-0.05, 0) is 88.6 Å². The number of ether oxygens (including phenoxy) is 13. The third kappa shape index (κ3) is 25.4. The number of fused-ring (bicyclic) bond motifs is 4. The van der Waals surface area contributed by atoms with Crippen molar-refractivity contribution in [3.63, 3.8) is 0 Å². The summed E-state index contributed by atoms with van der Waals surface area (Å²) >= 11 is 0. The monoisotopic (exact) mass is 1500 g/mol. The first-order valence-corrected chi connectivity index (χ1v) is 36.0. The van der Waals surface area contributed by atoms with Crippen LogP contribution in [0.3, 0.4) is 0 Å². The number of carbonyl (C=O) groups is 9. The molecule has 32 heteroatoms. The lowest BCUT2D eigenvalue weighted by Crippen LogP contribution is -2.53. The van der Waals surface area contributed by atoms with Gasteiger partial charge in [0.2, 0.25) is 23.6 Å². The Hall–Kier alpha value is -9.38. The molecule has 5 N–H and O–H groups in total. The van der Waals surface area contributed by atoms with E-state index >= 15 is 0 Å². The molecule has 0 fully saturated rings. The zero-order chi connectivity index (χ0) is 76.6. The summed E-state index contributed by atoms with van der Waals surface area (Å²) in [5, 5.41) is 22.8. The number of nitrogens with zero attached hydrogens (tertiary/aromatic N) is 5. The Bertz CT molecular complexity index is 3620. The van der Waals surface area contributed by atoms with Gasteiger partial charge in [-0.2, -0.15) is 0 Å². The normalized spacial score (nSPS) is 17.0. The Morgan fingerprint density at radius 2 is 1.09 bits per heavy atom. The minimum atomic E-state index is -1.53. The number of unbranched alkanes of at least 4 members (excludes halogenated alkanes) is 2. The van der Waals surface area contributed by atoms with E-state index in [-0.39, 0.29) is 98.9 Å². The van der Waals surface area contributed by atoms with E-state index in [1.165, 1.54) is 50.3 Å². The Kier molecular flexibility index (Phi) is 33.8. The van der Waals surface area contributed by atoms with E-state index in [2.05, 4.69) is 26.3 Å². The van der Waals surface area contributed by atoms with Crippen molar-refractivity contribution >= 4 is 76.6 Å². The fourth-order valence-corrected chi connectivity index (χ4v) is 11.7. The Balaban J connectivity index is 0.649. The highest BCUT2D eigenvalue weighted by Gasteiger charge is 2.45. The average Bonchev–Trinajstić information content (AvgIpc) is 1.63. The molecule has 0 aromatic heterocycles. The summed E-state index contributed by atoms with van der Waals surface area (Å²) in [6.07, 6.45) is 8.15. The number of amides is 9. The predicted octanol–water partition coefficient (Wildman–Crippen LogP) is 5.30. The minimum absolute atomic E-state index is 0.0148. The Morgan fingerprint density at radius 1 is 0.570 bits per heavy atom. The lowest BCUT2D eigenvalue weighted by molar-refractivity contribution is -0.137. The van der Waals surface area contributed by atoms with Crippen LogP contribution in [0.1, 0.15) is 106 Å². The van der Waals surface area contributed by atoms with Crippen LogP contribution in [0.2, 0.25) is 0 Å². The van der Waals surface area contributed by atoms with Crippen molar-refractivity contribution in [3.8, 4) is 23.0 Å². The van der Waals surface area contributed by atoms with Crippen molar-refractivity contribution in [1.29, 1.82) is 0 Å². The molecule has 107 heavy (non-hydrogen) atoms. The van der Waals surface area contributed by atoms with Crippen molar-refractivity contribution in [2.45, 2.75) is 117 Å². The first-order valence-electron chi connectivity index (χ1n) is 36.0. The lowest BCUT2D eigenvalue weighted by atomic mass is 10.0. The van der Waals surface area contributed by atoms with Crippen LogP contribution in [0, 0.1) is 5.92 Å². The summed E-state index contributed by atoms with van der Waals surface area (Å²) in [6, 6.07) is 9.93. The molecule has 8 rings (SSSR count). The van der Waals surface area contributed by atoms with E-state index in [4.69, 9.17) is 61.6 Å². The molecule has 0 radical (unpaired) electrons. The third-order valence-corrected chi connectivity index (χ3v) is 17.5. The fraction of sp³-hybridized carbons (Fsp3) is 0.547. The van der Waals surface area contributed by atoms with Gasteiger partial charge in [0.05, 0.1) is 168 Å². The maximum atomic E-state index is 14.3. The van der Waals surface area contributed by atoms with Gasteiger partial charge in [-0.1, -0.05) is 37.1 Å². The van der Waals surface area contributed by atoms with E-state index < -0.39 is 65.9 Å². The molecule has 5 heterocycles. The van der Waals surface area contributed by atoms with Gasteiger partial charge in [-0.15, -0.1) is 0 Å². The fourth-order valence-electron chi connectivity index (χ4n) is 11.7. The third-order valence-electron chi connectivity index (χ3n) is 17.5. The highest BCUT2D eigenvalue weighted by Crippen LogP contribution is 2.43. The van der Waals surface area contributed by atoms with E-state index in [0.717, 1.165) is 27.4 Å². The number of hydrogen-bond donors (Lipinski definition) is 5. The van der Waals surface area contributed by atoms with E-state index in [1.807, 2.05) is 20.0 Å². The van der Waals surface area contributed by atoms with Crippen LogP contribution in [0.4, 0.5) is 21.9 Å². The zero-order valence-corrected chi connectivity index (χ0v) is 61.9. The quantitative estimate of drug-likeness (QED) is 0.0354. The molecule has 3 aromatic rings. The second kappa shape index (κ2) is 43.4. The number of methoxy groups -OCH3 is 2. The molecule has 0 saturated carbocycles. The number of anilines is 2. The summed E-state index contributed by atoms with van der Waals surface area (Å²) in [5.74, 6) is -2.18. The summed E-state index contributed by atoms with van der Waals surface area (Å²) in [6.45, 7) is 15.0. The predicted molar refractivity (Wildman–Crippen MR) is 388 cm³/mol. The summed E-state index contributed by atoms with van der Waals surface area (Å²) in [4.78, 5) is 126. The van der Waals surface area contributed by atoms with E-state index in [1.54, 1.807) is 67.6 Å². The molecule has 32 nitrogen and oxygen atoms in total. The molecule has 5 atom stereocenters. The summed E-state index contributed by atoms with van der Waals surface area (Å²) < 4.78 is 73.6. The Morgan fingerprint density at radius 3 is 1.66 bits per heavy atom. The van der Waals surface area contributed by atoms with Gasteiger partial charge >= 0.3 is 6.09 Å². The molecule has 0 bridgehead atoms. The van der Waals surface area contributed by atoms with Crippen molar-refractivity contribution in [3.05, 3.63) is 101 Å². The van der Waals surface area contributed by atoms with Gasteiger partial charge in [0.15, 0.2) is 29.2 Å². The van der Waals surface area contributed by atoms with Crippen molar-refractivity contribution < 1.29 is 110 Å². The smallest absolute Gasteiger partial charge is 0.416 e. The topological polar surface area (TPSA) is 367 Å². The first-order chi connectivity index (χ1) is 51.7. The second-order valence-corrected chi connectivity index (χ2v) is 25.9. The zero-order valence-electron chi connectivity index (χ0n) is 61.9. The molecule has 5 aliphatic rings. The number of aliphatic hydroxyl groups is 1.